The molecule has 2 atom stereocenters. The van der Waals surface area contributed by atoms with Crippen molar-refractivity contribution in [3.8, 4) is 0 Å². The van der Waals surface area contributed by atoms with Crippen LogP contribution in [-0.2, 0) is 0 Å². The molecule has 1 N–H and O–H groups in total. The van der Waals surface area contributed by atoms with Crippen molar-refractivity contribution in [3.63, 3.8) is 0 Å². The van der Waals surface area contributed by atoms with Crippen LogP contribution in [0.4, 0.5) is 29.1 Å². The predicted molar refractivity (Wildman–Crippen MR) is 124 cm³/mol. The molecule has 0 bridgehead atoms. The largest absolute Gasteiger partial charge is 0.410 e. The number of alkyl halides is 3. The van der Waals surface area contributed by atoms with Gasteiger partial charge in [0.1, 0.15) is 11.6 Å². The summed E-state index contributed by atoms with van der Waals surface area (Å²) in [5, 5.41) is 7.66. The Hall–Kier alpha value is -3.27. The number of carbonyl (C=O) groups is 1. The number of nitrogens with one attached hydrogen (secondary N) is 1. The number of hydrogen-bond donors (Lipinski definition) is 1. The second-order valence-corrected chi connectivity index (χ2v) is 9.09. The maximum atomic E-state index is 13.9. The fraction of sp³-hybridized carbons (Fsp3) is 0.333. The maximum absolute atomic E-state index is 13.9. The maximum Gasteiger partial charge on any atom is 0.410 e. The molecule has 0 unspecified atom stereocenters. The van der Waals surface area contributed by atoms with E-state index in [4.69, 9.17) is 11.6 Å². The summed E-state index contributed by atoms with van der Waals surface area (Å²) in [4.78, 5) is 16.7. The Kier molecular flexibility index (Phi) is 6.08. The summed E-state index contributed by atoms with van der Waals surface area (Å²) in [6, 6.07) is 11.7. The van der Waals surface area contributed by atoms with Crippen molar-refractivity contribution in [3.05, 3.63) is 76.7 Å². The molecule has 0 radical (unpaired) electrons. The number of hydrogen-bond acceptors (Lipinski definition) is 4. The van der Waals surface area contributed by atoms with Crippen LogP contribution in [-0.4, -0.2) is 52.9 Å². The molecule has 6 nitrogen and oxygen atoms in total. The van der Waals surface area contributed by atoms with Crippen LogP contribution in [0, 0.1) is 5.82 Å². The Morgan fingerprint density at radius 1 is 1.00 bits per heavy atom. The SMILES string of the molecule is O=C(c1cc2n(n1)[C@H](C(F)(F)F)C[C@@H](c1ccc(Cl)cc1)N2)N1CCN(c2ccc(F)cc2)CC1. The minimum absolute atomic E-state index is 0.0336. The van der Waals surface area contributed by atoms with Gasteiger partial charge < -0.3 is 15.1 Å². The molecule has 2 aromatic carbocycles. The summed E-state index contributed by atoms with van der Waals surface area (Å²) in [5.74, 6) is -0.598. The van der Waals surface area contributed by atoms with Crippen molar-refractivity contribution in [1.29, 1.82) is 0 Å². The lowest BCUT2D eigenvalue weighted by Gasteiger charge is -2.35. The standard InChI is InChI=1S/C24H22ClF4N5O/c25-16-3-1-15(2-4-16)19-13-21(24(27,28)29)34-22(30-19)14-20(31-34)23(35)33-11-9-32(10-12-33)18-7-5-17(26)6-8-18/h1-8,14,19,21,30H,9-13H2/t19-,21-/m0/s1. The van der Waals surface area contributed by atoms with Crippen LogP contribution in [0.1, 0.15) is 34.6 Å². The van der Waals surface area contributed by atoms with E-state index < -0.39 is 24.2 Å². The average Bonchev–Trinajstić information content (AvgIpc) is 3.27. The molecule has 0 saturated carbocycles. The van der Waals surface area contributed by atoms with Crippen molar-refractivity contribution in [2.75, 3.05) is 36.4 Å². The molecule has 5 rings (SSSR count). The molecule has 0 spiro atoms. The number of piperazine rings is 1. The predicted octanol–water partition coefficient (Wildman–Crippen LogP) is 5.30. The second kappa shape index (κ2) is 9.07. The highest BCUT2D eigenvalue weighted by Crippen LogP contribution is 2.43. The lowest BCUT2D eigenvalue weighted by Crippen LogP contribution is -2.49. The summed E-state index contributed by atoms with van der Waals surface area (Å²) in [6.07, 6.45) is -4.79. The molecular formula is C24H22ClF4N5O. The molecule has 2 aliphatic rings. The lowest BCUT2D eigenvalue weighted by atomic mass is 9.97. The van der Waals surface area contributed by atoms with E-state index in [1.54, 1.807) is 41.3 Å². The minimum Gasteiger partial charge on any atom is -0.368 e. The van der Waals surface area contributed by atoms with Gasteiger partial charge in [-0.3, -0.25) is 4.79 Å². The summed E-state index contributed by atoms with van der Waals surface area (Å²) in [7, 11) is 0. The molecule has 1 saturated heterocycles. The zero-order valence-electron chi connectivity index (χ0n) is 18.5. The van der Waals surface area contributed by atoms with Crippen molar-refractivity contribution in [2.45, 2.75) is 24.7 Å². The molecule has 3 heterocycles. The van der Waals surface area contributed by atoms with Gasteiger partial charge in [0.25, 0.3) is 5.91 Å². The third-order valence-electron chi connectivity index (χ3n) is 6.44. The lowest BCUT2D eigenvalue weighted by molar-refractivity contribution is -0.173. The minimum atomic E-state index is -4.53. The van der Waals surface area contributed by atoms with E-state index >= 15 is 0 Å². The van der Waals surface area contributed by atoms with Crippen LogP contribution in [0.25, 0.3) is 0 Å². The Bertz CT molecular complexity index is 1200. The van der Waals surface area contributed by atoms with Crippen LogP contribution < -0.4 is 10.2 Å². The summed E-state index contributed by atoms with van der Waals surface area (Å²) in [6.45, 7) is 1.80. The average molecular weight is 508 g/mol. The van der Waals surface area contributed by atoms with Gasteiger partial charge >= 0.3 is 6.18 Å². The van der Waals surface area contributed by atoms with E-state index in [0.29, 0.717) is 36.8 Å². The van der Waals surface area contributed by atoms with Crippen LogP contribution in [0.2, 0.25) is 5.02 Å². The van der Waals surface area contributed by atoms with Crippen LogP contribution >= 0.6 is 11.6 Å². The van der Waals surface area contributed by atoms with Gasteiger partial charge in [-0.15, -0.1) is 0 Å². The van der Waals surface area contributed by atoms with Gasteiger partial charge in [-0.1, -0.05) is 23.7 Å². The molecular weight excluding hydrogens is 486 g/mol. The Morgan fingerprint density at radius 3 is 2.29 bits per heavy atom. The van der Waals surface area contributed by atoms with E-state index in [-0.39, 0.29) is 23.7 Å². The van der Waals surface area contributed by atoms with Crippen molar-refractivity contribution in [1.82, 2.24) is 14.7 Å². The highest BCUT2D eigenvalue weighted by Gasteiger charge is 2.47. The highest BCUT2D eigenvalue weighted by molar-refractivity contribution is 6.30. The highest BCUT2D eigenvalue weighted by atomic mass is 35.5. The molecule has 1 amide bonds. The van der Waals surface area contributed by atoms with E-state index in [0.717, 1.165) is 10.4 Å². The third kappa shape index (κ3) is 4.80. The number of aromatic nitrogens is 2. The van der Waals surface area contributed by atoms with Gasteiger partial charge in [-0.25, -0.2) is 9.07 Å². The second-order valence-electron chi connectivity index (χ2n) is 8.66. The van der Waals surface area contributed by atoms with Gasteiger partial charge in [-0.05, 0) is 42.0 Å². The van der Waals surface area contributed by atoms with Gasteiger partial charge in [-0.2, -0.15) is 18.3 Å². The number of fused-ring (bicyclic) bond motifs is 1. The van der Waals surface area contributed by atoms with E-state index in [1.165, 1.54) is 18.2 Å². The van der Waals surface area contributed by atoms with Crippen molar-refractivity contribution < 1.29 is 22.4 Å². The van der Waals surface area contributed by atoms with E-state index in [9.17, 15) is 22.4 Å². The fourth-order valence-electron chi connectivity index (χ4n) is 4.57. The van der Waals surface area contributed by atoms with Crippen LogP contribution in [0.15, 0.2) is 54.6 Å². The van der Waals surface area contributed by atoms with Crippen molar-refractivity contribution >= 4 is 29.0 Å². The Morgan fingerprint density at radius 2 is 1.66 bits per heavy atom. The number of carbonyl (C=O) groups excluding carboxylic acids is 1. The smallest absolute Gasteiger partial charge is 0.368 e. The van der Waals surface area contributed by atoms with Gasteiger partial charge in [0, 0.05) is 49.4 Å². The van der Waals surface area contributed by atoms with Gasteiger partial charge in [0.2, 0.25) is 0 Å². The van der Waals surface area contributed by atoms with Crippen molar-refractivity contribution in [2.24, 2.45) is 0 Å². The quantitative estimate of drug-likeness (QED) is 0.489. The first kappa shape index (κ1) is 23.5. The molecule has 1 fully saturated rings. The molecule has 2 aliphatic heterocycles. The Balaban J connectivity index is 1.33. The summed E-state index contributed by atoms with van der Waals surface area (Å²) in [5.41, 5.74) is 1.48. The fourth-order valence-corrected chi connectivity index (χ4v) is 4.70. The molecule has 1 aromatic heterocycles. The number of nitrogens with zero attached hydrogens (tertiary/aromatic N) is 4. The number of halogens is 5. The first-order valence-electron chi connectivity index (χ1n) is 11.2. The molecule has 3 aromatic rings. The molecule has 35 heavy (non-hydrogen) atoms. The zero-order chi connectivity index (χ0) is 24.7. The first-order chi connectivity index (χ1) is 16.7. The van der Waals surface area contributed by atoms with E-state index in [1.807, 2.05) is 4.90 Å². The molecule has 11 heteroatoms. The van der Waals surface area contributed by atoms with Crippen LogP contribution in [0.5, 0.6) is 0 Å². The van der Waals surface area contributed by atoms with Crippen LogP contribution in [0.3, 0.4) is 0 Å². The number of rotatable bonds is 3. The van der Waals surface area contributed by atoms with Gasteiger partial charge in [0.15, 0.2) is 11.7 Å². The van der Waals surface area contributed by atoms with Gasteiger partial charge in [0.05, 0.1) is 6.04 Å². The summed E-state index contributed by atoms with van der Waals surface area (Å²) >= 11 is 5.92. The number of anilines is 2. The molecule has 184 valence electrons. The number of amides is 1. The zero-order valence-corrected chi connectivity index (χ0v) is 19.2. The third-order valence-corrected chi connectivity index (χ3v) is 6.69. The number of benzene rings is 2. The normalized spacial score (nSPS) is 20.4. The monoisotopic (exact) mass is 507 g/mol. The molecule has 0 aliphatic carbocycles. The summed E-state index contributed by atoms with van der Waals surface area (Å²) < 4.78 is 55.9. The topological polar surface area (TPSA) is 53.4 Å². The van der Waals surface area contributed by atoms with E-state index in [2.05, 4.69) is 10.4 Å². The first-order valence-corrected chi connectivity index (χ1v) is 11.5. The Labute approximate surface area is 204 Å².